The number of imide groups is 1. The molecule has 2 heterocycles. The number of para-hydroxylation sites is 1. The summed E-state index contributed by atoms with van der Waals surface area (Å²) in [4.78, 5) is 26.9. The molecular formula is C27H22ClN3O2. The number of rotatable bonds is 5. The van der Waals surface area contributed by atoms with Crippen LogP contribution in [0.25, 0.3) is 17.0 Å². The van der Waals surface area contributed by atoms with E-state index < -0.39 is 6.03 Å². The number of nitrogens with one attached hydrogen (secondary N) is 1. The number of urea groups is 1. The van der Waals surface area contributed by atoms with Gasteiger partial charge < -0.3 is 9.88 Å². The second-order valence-corrected chi connectivity index (χ2v) is 8.47. The molecule has 1 aromatic heterocycles. The molecule has 164 valence electrons. The molecular weight excluding hydrogens is 434 g/mol. The fourth-order valence-electron chi connectivity index (χ4n) is 4.27. The maximum atomic E-state index is 13.1. The van der Waals surface area contributed by atoms with Crippen molar-refractivity contribution in [2.45, 2.75) is 20.0 Å². The summed E-state index contributed by atoms with van der Waals surface area (Å²) in [6, 6.07) is 24.9. The highest BCUT2D eigenvalue weighted by Crippen LogP contribution is 2.30. The number of halogens is 1. The van der Waals surface area contributed by atoms with Crippen molar-refractivity contribution in [1.82, 2.24) is 14.8 Å². The van der Waals surface area contributed by atoms with Crippen molar-refractivity contribution in [3.8, 4) is 0 Å². The van der Waals surface area contributed by atoms with Crippen molar-refractivity contribution >= 4 is 40.5 Å². The van der Waals surface area contributed by atoms with E-state index in [1.165, 1.54) is 4.90 Å². The number of aromatic nitrogens is 1. The third-order valence-corrected chi connectivity index (χ3v) is 6.37. The molecule has 0 aliphatic carbocycles. The van der Waals surface area contributed by atoms with Crippen LogP contribution in [0.2, 0.25) is 5.02 Å². The molecule has 1 aliphatic rings. The molecule has 0 radical (unpaired) electrons. The summed E-state index contributed by atoms with van der Waals surface area (Å²) in [6.45, 7) is 2.86. The van der Waals surface area contributed by atoms with Crippen LogP contribution in [0, 0.1) is 6.92 Å². The number of carbonyl (C=O) groups excluding carboxylic acids is 2. The van der Waals surface area contributed by atoms with E-state index in [1.807, 2.05) is 79.7 Å². The fraction of sp³-hybridized carbons (Fsp3) is 0.111. The number of hydrogen-bond donors (Lipinski definition) is 1. The predicted molar refractivity (Wildman–Crippen MR) is 131 cm³/mol. The molecule has 0 unspecified atom stereocenters. The maximum absolute atomic E-state index is 13.1. The number of carbonyl (C=O) groups is 2. The van der Waals surface area contributed by atoms with Crippen LogP contribution in [0.1, 0.15) is 22.4 Å². The molecule has 1 aliphatic heterocycles. The van der Waals surface area contributed by atoms with E-state index in [0.717, 1.165) is 33.3 Å². The molecule has 5 nitrogen and oxygen atoms in total. The largest absolute Gasteiger partial charge is 0.340 e. The lowest BCUT2D eigenvalue weighted by molar-refractivity contribution is -0.123. The van der Waals surface area contributed by atoms with Gasteiger partial charge in [0, 0.05) is 33.7 Å². The average molecular weight is 456 g/mol. The van der Waals surface area contributed by atoms with Crippen molar-refractivity contribution in [1.29, 1.82) is 0 Å². The quantitative estimate of drug-likeness (QED) is 0.308. The van der Waals surface area contributed by atoms with Crippen molar-refractivity contribution in [2.24, 2.45) is 0 Å². The third-order valence-electron chi connectivity index (χ3n) is 6.00. The topological polar surface area (TPSA) is 54.3 Å². The molecule has 1 N–H and O–H groups in total. The third kappa shape index (κ3) is 3.92. The number of nitrogens with zero attached hydrogens (tertiary/aromatic N) is 2. The zero-order valence-electron chi connectivity index (χ0n) is 18.1. The first kappa shape index (κ1) is 21.0. The Hall–Kier alpha value is -3.83. The highest BCUT2D eigenvalue weighted by molar-refractivity contribution is 6.31. The molecule has 4 aromatic rings. The predicted octanol–water partition coefficient (Wildman–Crippen LogP) is 5.74. The van der Waals surface area contributed by atoms with Crippen molar-refractivity contribution in [2.75, 3.05) is 0 Å². The summed E-state index contributed by atoms with van der Waals surface area (Å²) >= 11 is 6.42. The van der Waals surface area contributed by atoms with Crippen LogP contribution in [-0.4, -0.2) is 21.4 Å². The van der Waals surface area contributed by atoms with E-state index in [1.54, 1.807) is 6.08 Å². The van der Waals surface area contributed by atoms with E-state index in [4.69, 9.17) is 11.6 Å². The minimum atomic E-state index is -0.410. The minimum Gasteiger partial charge on any atom is -0.340 e. The first-order chi connectivity index (χ1) is 16.0. The Balaban J connectivity index is 1.53. The van der Waals surface area contributed by atoms with Gasteiger partial charge in [-0.1, -0.05) is 78.3 Å². The van der Waals surface area contributed by atoms with E-state index in [0.29, 0.717) is 11.6 Å². The number of amides is 3. The summed E-state index contributed by atoms with van der Waals surface area (Å²) in [5.74, 6) is -0.328. The minimum absolute atomic E-state index is 0.232. The number of benzene rings is 3. The van der Waals surface area contributed by atoms with Gasteiger partial charge in [-0.25, -0.2) is 4.79 Å². The Labute approximate surface area is 196 Å². The number of hydrogen-bond acceptors (Lipinski definition) is 2. The Morgan fingerprint density at radius 1 is 0.879 bits per heavy atom. The highest BCUT2D eigenvalue weighted by Gasteiger charge is 2.34. The molecule has 0 saturated carbocycles. The molecule has 3 amide bonds. The Bertz CT molecular complexity index is 1410. The van der Waals surface area contributed by atoms with Gasteiger partial charge >= 0.3 is 6.03 Å². The zero-order chi connectivity index (χ0) is 22.9. The van der Waals surface area contributed by atoms with Crippen LogP contribution >= 0.6 is 11.6 Å². The van der Waals surface area contributed by atoms with Gasteiger partial charge in [0.2, 0.25) is 0 Å². The van der Waals surface area contributed by atoms with Gasteiger partial charge in [-0.3, -0.25) is 9.69 Å². The normalized spacial score (nSPS) is 15.0. The monoisotopic (exact) mass is 455 g/mol. The molecule has 33 heavy (non-hydrogen) atoms. The summed E-state index contributed by atoms with van der Waals surface area (Å²) in [5.41, 5.74) is 5.13. The maximum Gasteiger partial charge on any atom is 0.329 e. The van der Waals surface area contributed by atoms with Gasteiger partial charge in [-0.15, -0.1) is 0 Å². The van der Waals surface area contributed by atoms with Crippen molar-refractivity contribution < 1.29 is 9.59 Å². The van der Waals surface area contributed by atoms with Gasteiger partial charge in [0.05, 0.1) is 6.54 Å². The molecule has 6 heteroatoms. The summed E-state index contributed by atoms with van der Waals surface area (Å²) in [5, 5.41) is 4.48. The van der Waals surface area contributed by atoms with Crippen molar-refractivity contribution in [3.63, 3.8) is 0 Å². The molecule has 3 aromatic carbocycles. The van der Waals surface area contributed by atoms with Crippen LogP contribution in [0.15, 0.2) is 84.6 Å². The van der Waals surface area contributed by atoms with Gasteiger partial charge in [0.25, 0.3) is 5.91 Å². The summed E-state index contributed by atoms with van der Waals surface area (Å²) in [7, 11) is 0. The molecule has 1 fully saturated rings. The molecule has 0 spiro atoms. The van der Waals surface area contributed by atoms with Gasteiger partial charge in [-0.2, -0.15) is 0 Å². The van der Waals surface area contributed by atoms with Gasteiger partial charge in [0.15, 0.2) is 0 Å². The van der Waals surface area contributed by atoms with E-state index >= 15 is 0 Å². The average Bonchev–Trinajstić information content (AvgIpc) is 3.24. The highest BCUT2D eigenvalue weighted by atomic mass is 35.5. The Morgan fingerprint density at radius 3 is 2.36 bits per heavy atom. The van der Waals surface area contributed by atoms with Crippen LogP contribution in [-0.2, 0) is 17.9 Å². The first-order valence-corrected chi connectivity index (χ1v) is 11.1. The van der Waals surface area contributed by atoms with E-state index in [9.17, 15) is 9.59 Å². The zero-order valence-corrected chi connectivity index (χ0v) is 18.8. The lowest BCUT2D eigenvalue weighted by Crippen LogP contribution is -2.30. The molecule has 1 saturated heterocycles. The Kier molecular flexibility index (Phi) is 5.48. The Morgan fingerprint density at radius 2 is 1.58 bits per heavy atom. The smallest absolute Gasteiger partial charge is 0.329 e. The summed E-state index contributed by atoms with van der Waals surface area (Å²) in [6.07, 6.45) is 1.78. The van der Waals surface area contributed by atoms with E-state index in [-0.39, 0.29) is 18.1 Å². The first-order valence-electron chi connectivity index (χ1n) is 10.7. The lowest BCUT2D eigenvalue weighted by Gasteiger charge is -2.11. The van der Waals surface area contributed by atoms with Crippen molar-refractivity contribution in [3.05, 3.63) is 112 Å². The molecule has 0 bridgehead atoms. The van der Waals surface area contributed by atoms with E-state index in [2.05, 4.69) is 16.0 Å². The standard InChI is InChI=1S/C27H22ClN3O2/c1-18-22(15-24-26(32)31(27(33)29-24)16-19-9-3-2-4-10-19)21-12-6-8-14-25(21)30(18)17-20-11-5-7-13-23(20)28/h2-15H,16-17H2,1H3,(H,29,33)/b24-15-. The van der Waals surface area contributed by atoms with Crippen LogP contribution in [0.5, 0.6) is 0 Å². The number of fused-ring (bicyclic) bond motifs is 1. The summed E-state index contributed by atoms with van der Waals surface area (Å²) < 4.78 is 2.19. The fourth-order valence-corrected chi connectivity index (χ4v) is 4.46. The lowest BCUT2D eigenvalue weighted by atomic mass is 10.1. The van der Waals surface area contributed by atoms with Crippen LogP contribution < -0.4 is 5.32 Å². The van der Waals surface area contributed by atoms with Gasteiger partial charge in [0.1, 0.15) is 5.70 Å². The SMILES string of the molecule is Cc1c(/C=C2\NC(=O)N(Cc3ccccc3)C2=O)c2ccccc2n1Cc1ccccc1Cl. The van der Waals surface area contributed by atoms with Gasteiger partial charge in [-0.05, 0) is 36.3 Å². The second-order valence-electron chi connectivity index (χ2n) is 8.06. The molecule has 0 atom stereocenters. The molecule has 5 rings (SSSR count). The second kappa shape index (κ2) is 8.60. The van der Waals surface area contributed by atoms with Crippen LogP contribution in [0.3, 0.4) is 0 Å². The van der Waals surface area contributed by atoms with Crippen LogP contribution in [0.4, 0.5) is 4.79 Å².